The number of allylic oxidation sites excluding steroid dienone is 2. The molecule has 0 spiro atoms. The molecule has 2 bridgehead atoms. The SMILES string of the molecule is O=C(O)[C@@H]1[C@@H](C(=O)Nc2ccccc2Sc2ccc(Cl)cc2)[C@H]2C=C[C@H]1C2. The number of anilines is 1. The molecule has 4 nitrogen and oxygen atoms in total. The van der Waals surface area contributed by atoms with Crippen LogP contribution in [0.4, 0.5) is 5.69 Å². The summed E-state index contributed by atoms with van der Waals surface area (Å²) in [5.74, 6) is -2.31. The molecule has 1 saturated carbocycles. The van der Waals surface area contributed by atoms with Crippen LogP contribution < -0.4 is 5.32 Å². The van der Waals surface area contributed by atoms with Crippen molar-refractivity contribution in [2.75, 3.05) is 5.32 Å². The van der Waals surface area contributed by atoms with E-state index in [0.29, 0.717) is 10.7 Å². The second kappa shape index (κ2) is 7.41. The number of hydrogen-bond donors (Lipinski definition) is 2. The van der Waals surface area contributed by atoms with Crippen LogP contribution in [-0.4, -0.2) is 17.0 Å². The highest BCUT2D eigenvalue weighted by molar-refractivity contribution is 7.99. The van der Waals surface area contributed by atoms with Crippen LogP contribution in [0.5, 0.6) is 0 Å². The minimum Gasteiger partial charge on any atom is -0.481 e. The molecule has 2 aromatic rings. The van der Waals surface area contributed by atoms with E-state index in [2.05, 4.69) is 5.32 Å². The molecule has 2 aliphatic carbocycles. The number of nitrogens with one attached hydrogen (secondary N) is 1. The van der Waals surface area contributed by atoms with Gasteiger partial charge in [0, 0.05) is 14.8 Å². The van der Waals surface area contributed by atoms with Crippen molar-refractivity contribution in [2.24, 2.45) is 23.7 Å². The van der Waals surface area contributed by atoms with Crippen molar-refractivity contribution in [3.05, 3.63) is 65.7 Å². The molecule has 0 aromatic heterocycles. The van der Waals surface area contributed by atoms with Crippen molar-refractivity contribution < 1.29 is 14.7 Å². The summed E-state index contributed by atoms with van der Waals surface area (Å²) in [4.78, 5) is 26.5. The Morgan fingerprint density at radius 3 is 2.37 bits per heavy atom. The molecule has 4 atom stereocenters. The fourth-order valence-electron chi connectivity index (χ4n) is 4.02. The first-order valence-electron chi connectivity index (χ1n) is 8.77. The standard InChI is InChI=1S/C21H18ClNO3S/c22-14-7-9-15(10-8-14)27-17-4-2-1-3-16(17)23-20(24)18-12-5-6-13(11-12)19(18)21(25)26/h1-10,12-13,18-19H,11H2,(H,23,24)(H,25,26)/t12-,13-,18-,19-/m0/s1. The van der Waals surface area contributed by atoms with E-state index in [1.54, 1.807) is 0 Å². The summed E-state index contributed by atoms with van der Waals surface area (Å²) in [5.41, 5.74) is 0.693. The quantitative estimate of drug-likeness (QED) is 0.698. The van der Waals surface area contributed by atoms with E-state index < -0.39 is 17.8 Å². The summed E-state index contributed by atoms with van der Waals surface area (Å²) in [5, 5.41) is 13.2. The fraction of sp³-hybridized carbons (Fsp3) is 0.238. The van der Waals surface area contributed by atoms with Gasteiger partial charge in [0.1, 0.15) is 0 Å². The van der Waals surface area contributed by atoms with Gasteiger partial charge in [0.05, 0.1) is 17.5 Å². The molecule has 138 valence electrons. The van der Waals surface area contributed by atoms with E-state index in [0.717, 1.165) is 16.2 Å². The van der Waals surface area contributed by atoms with Crippen molar-refractivity contribution in [1.82, 2.24) is 0 Å². The molecule has 2 aromatic carbocycles. The lowest BCUT2D eigenvalue weighted by atomic mass is 9.82. The Balaban J connectivity index is 1.54. The predicted octanol–water partition coefficient (Wildman–Crippen LogP) is 4.95. The van der Waals surface area contributed by atoms with Gasteiger partial charge < -0.3 is 10.4 Å². The van der Waals surface area contributed by atoms with Crippen molar-refractivity contribution >= 4 is 40.9 Å². The lowest BCUT2D eigenvalue weighted by Gasteiger charge is -2.24. The number of amides is 1. The second-order valence-corrected chi connectivity index (χ2v) is 8.43. The van der Waals surface area contributed by atoms with Gasteiger partial charge in [0.15, 0.2) is 0 Å². The molecule has 0 radical (unpaired) electrons. The molecule has 0 saturated heterocycles. The maximum Gasteiger partial charge on any atom is 0.307 e. The van der Waals surface area contributed by atoms with Crippen LogP contribution in [0.1, 0.15) is 6.42 Å². The van der Waals surface area contributed by atoms with Gasteiger partial charge in [-0.05, 0) is 54.7 Å². The maximum atomic E-state index is 12.9. The Bertz CT molecular complexity index is 912. The average Bonchev–Trinajstić information content (AvgIpc) is 3.26. The Morgan fingerprint density at radius 1 is 1.00 bits per heavy atom. The maximum absolute atomic E-state index is 12.9. The lowest BCUT2D eigenvalue weighted by molar-refractivity contribution is -0.146. The van der Waals surface area contributed by atoms with E-state index >= 15 is 0 Å². The highest BCUT2D eigenvalue weighted by atomic mass is 35.5. The molecule has 0 unspecified atom stereocenters. The molecule has 4 rings (SSSR count). The topological polar surface area (TPSA) is 66.4 Å². The largest absolute Gasteiger partial charge is 0.481 e. The molecule has 0 heterocycles. The zero-order chi connectivity index (χ0) is 19.0. The molecule has 2 N–H and O–H groups in total. The van der Waals surface area contributed by atoms with Crippen molar-refractivity contribution in [3.63, 3.8) is 0 Å². The van der Waals surface area contributed by atoms with Crippen molar-refractivity contribution in [1.29, 1.82) is 0 Å². The number of halogens is 1. The fourth-order valence-corrected chi connectivity index (χ4v) is 5.05. The van der Waals surface area contributed by atoms with E-state index in [1.807, 2.05) is 60.7 Å². The first kappa shape index (κ1) is 18.1. The van der Waals surface area contributed by atoms with Gasteiger partial charge in [-0.1, -0.05) is 47.6 Å². The number of carboxylic acids is 1. The Morgan fingerprint density at radius 2 is 1.67 bits per heavy atom. The number of aliphatic carboxylic acids is 1. The lowest BCUT2D eigenvalue weighted by Crippen LogP contribution is -2.36. The number of hydrogen-bond acceptors (Lipinski definition) is 3. The Kier molecular flexibility index (Phi) is 4.98. The van der Waals surface area contributed by atoms with Crippen LogP contribution in [0.2, 0.25) is 5.02 Å². The molecule has 27 heavy (non-hydrogen) atoms. The van der Waals surface area contributed by atoms with Gasteiger partial charge in [-0.25, -0.2) is 0 Å². The molecule has 6 heteroatoms. The number of carbonyl (C=O) groups excluding carboxylic acids is 1. The highest BCUT2D eigenvalue weighted by Crippen LogP contribution is 2.48. The smallest absolute Gasteiger partial charge is 0.307 e. The van der Waals surface area contributed by atoms with Gasteiger partial charge in [-0.2, -0.15) is 0 Å². The van der Waals surface area contributed by atoms with E-state index in [4.69, 9.17) is 11.6 Å². The zero-order valence-corrected chi connectivity index (χ0v) is 15.9. The third-order valence-electron chi connectivity index (χ3n) is 5.23. The van der Waals surface area contributed by atoms with Crippen molar-refractivity contribution in [3.8, 4) is 0 Å². The molecular weight excluding hydrogens is 382 g/mol. The Hall–Kier alpha value is -2.24. The average molecular weight is 400 g/mol. The number of fused-ring (bicyclic) bond motifs is 2. The first-order valence-corrected chi connectivity index (χ1v) is 9.97. The molecule has 1 fully saturated rings. The predicted molar refractivity (Wildman–Crippen MR) is 106 cm³/mol. The number of carboxylic acid groups (broad SMARTS) is 1. The number of carbonyl (C=O) groups is 2. The highest BCUT2D eigenvalue weighted by Gasteiger charge is 2.51. The summed E-state index contributed by atoms with van der Waals surface area (Å²) in [6.07, 6.45) is 4.68. The van der Waals surface area contributed by atoms with Gasteiger partial charge in [0.25, 0.3) is 0 Å². The summed E-state index contributed by atoms with van der Waals surface area (Å²) in [6, 6.07) is 15.0. The normalized spacial score (nSPS) is 25.5. The third-order valence-corrected chi connectivity index (χ3v) is 6.57. The first-order chi connectivity index (χ1) is 13.0. The van der Waals surface area contributed by atoms with Gasteiger partial charge in [-0.15, -0.1) is 0 Å². The van der Waals surface area contributed by atoms with E-state index in [1.165, 1.54) is 11.8 Å². The third kappa shape index (κ3) is 3.62. The number of benzene rings is 2. The van der Waals surface area contributed by atoms with Gasteiger partial charge in [-0.3, -0.25) is 9.59 Å². The molecule has 2 aliphatic rings. The number of rotatable bonds is 5. The van der Waals surface area contributed by atoms with Crippen LogP contribution in [0.3, 0.4) is 0 Å². The summed E-state index contributed by atoms with van der Waals surface area (Å²) >= 11 is 7.46. The minimum absolute atomic E-state index is 0.00665. The van der Waals surface area contributed by atoms with Crippen LogP contribution in [0.25, 0.3) is 0 Å². The molecule has 1 amide bonds. The van der Waals surface area contributed by atoms with Crippen LogP contribution in [0, 0.1) is 23.7 Å². The monoisotopic (exact) mass is 399 g/mol. The Labute approximate surface area is 166 Å². The summed E-state index contributed by atoms with van der Waals surface area (Å²) < 4.78 is 0. The van der Waals surface area contributed by atoms with E-state index in [9.17, 15) is 14.7 Å². The molecular formula is C21H18ClNO3S. The minimum atomic E-state index is -0.893. The second-order valence-electron chi connectivity index (χ2n) is 6.88. The zero-order valence-electron chi connectivity index (χ0n) is 14.3. The van der Waals surface area contributed by atoms with Crippen LogP contribution in [0.15, 0.2) is 70.5 Å². The van der Waals surface area contributed by atoms with Crippen LogP contribution in [-0.2, 0) is 9.59 Å². The summed E-state index contributed by atoms with van der Waals surface area (Å²) in [7, 11) is 0. The van der Waals surface area contributed by atoms with Crippen LogP contribution >= 0.6 is 23.4 Å². The summed E-state index contributed by atoms with van der Waals surface area (Å²) in [6.45, 7) is 0. The molecule has 0 aliphatic heterocycles. The van der Waals surface area contributed by atoms with Gasteiger partial charge in [0.2, 0.25) is 5.91 Å². The number of para-hydroxylation sites is 1. The van der Waals surface area contributed by atoms with E-state index in [-0.39, 0.29) is 17.7 Å². The van der Waals surface area contributed by atoms with Gasteiger partial charge >= 0.3 is 5.97 Å². The van der Waals surface area contributed by atoms with Crippen molar-refractivity contribution in [2.45, 2.75) is 16.2 Å².